The summed E-state index contributed by atoms with van der Waals surface area (Å²) in [5.41, 5.74) is 5.26. The summed E-state index contributed by atoms with van der Waals surface area (Å²) in [7, 11) is 1.84. The Morgan fingerprint density at radius 2 is 1.61 bits per heavy atom. The maximum absolute atomic E-state index is 14.1. The largest absolute Gasteiger partial charge is 0.490 e. The van der Waals surface area contributed by atoms with E-state index < -0.39 is 6.03 Å². The fraction of sp³-hybridized carbons (Fsp3) is 0.500. The summed E-state index contributed by atoms with van der Waals surface area (Å²) in [5, 5.41) is 10.3. The smallest absolute Gasteiger partial charge is 0.328 e. The van der Waals surface area contributed by atoms with E-state index in [9.17, 15) is 19.2 Å². The van der Waals surface area contributed by atoms with Crippen molar-refractivity contribution >= 4 is 57.6 Å². The van der Waals surface area contributed by atoms with E-state index in [1.54, 1.807) is 4.90 Å². The fourth-order valence-electron chi connectivity index (χ4n) is 9.84. The molecule has 324 valence electrons. The Bertz CT molecular complexity index is 2230. The third kappa shape index (κ3) is 9.70. The standard InChI is InChI=1S/C48H60ClN7O5/c1-32(2)55-23-16-39-42(55)29-35(30-43(39)56-24-17-44(57)52-47(56)60)46(59)54-27-20-48(21-28-54)18-25-53(26-19-48)22-4-5-33-6-8-34(9-7-33)45(58)51-36-10-12-37(13-11-36)61-38-14-15-41(50-3)40(49)31-38/h6-9,14-16,23,29-32,36-37,50H,4-5,10-13,17-22,24-28H2,1-3H3,(H,51,58)(H,52,57,60). The van der Waals surface area contributed by atoms with Gasteiger partial charge in [-0.05, 0) is 151 Å². The number of rotatable bonds is 12. The van der Waals surface area contributed by atoms with Crippen LogP contribution in [-0.4, -0.2) is 96.6 Å². The number of piperidine rings is 2. The first-order valence-electron chi connectivity index (χ1n) is 22.3. The number of anilines is 2. The number of urea groups is 1. The van der Waals surface area contributed by atoms with Gasteiger partial charge >= 0.3 is 6.03 Å². The van der Waals surface area contributed by atoms with Gasteiger partial charge < -0.3 is 29.7 Å². The highest BCUT2D eigenvalue weighted by molar-refractivity contribution is 6.33. The Morgan fingerprint density at radius 1 is 0.885 bits per heavy atom. The molecule has 0 bridgehead atoms. The van der Waals surface area contributed by atoms with E-state index in [-0.39, 0.29) is 54.3 Å². The minimum absolute atomic E-state index is 0.00258. The third-order valence-electron chi connectivity index (χ3n) is 13.7. The number of aromatic nitrogens is 1. The molecule has 4 fully saturated rings. The number of amides is 5. The first-order chi connectivity index (χ1) is 29.5. The summed E-state index contributed by atoms with van der Waals surface area (Å²) >= 11 is 6.32. The van der Waals surface area contributed by atoms with E-state index in [2.05, 4.69) is 51.4 Å². The van der Waals surface area contributed by atoms with Crippen LogP contribution in [0.4, 0.5) is 16.2 Å². The van der Waals surface area contributed by atoms with Gasteiger partial charge in [-0.15, -0.1) is 0 Å². The lowest BCUT2D eigenvalue weighted by molar-refractivity contribution is -0.120. The molecule has 3 saturated heterocycles. The Kier molecular flexibility index (Phi) is 12.9. The molecule has 1 aromatic heterocycles. The number of likely N-dealkylation sites (tertiary alicyclic amines) is 2. The van der Waals surface area contributed by atoms with Crippen molar-refractivity contribution in [1.29, 1.82) is 0 Å². The van der Waals surface area contributed by atoms with Crippen LogP contribution in [-0.2, 0) is 11.2 Å². The van der Waals surface area contributed by atoms with Gasteiger partial charge in [0.1, 0.15) is 5.75 Å². The maximum Gasteiger partial charge on any atom is 0.328 e. The van der Waals surface area contributed by atoms with Gasteiger partial charge in [-0.3, -0.25) is 24.6 Å². The van der Waals surface area contributed by atoms with Gasteiger partial charge in [0.05, 0.1) is 28.0 Å². The molecular weight excluding hydrogens is 790 g/mol. The summed E-state index contributed by atoms with van der Waals surface area (Å²) in [6, 6.07) is 19.5. The molecule has 4 aliphatic rings. The van der Waals surface area contributed by atoms with Crippen molar-refractivity contribution in [1.82, 2.24) is 25.0 Å². The van der Waals surface area contributed by atoms with Crippen molar-refractivity contribution in [2.24, 2.45) is 5.41 Å². The second-order valence-electron chi connectivity index (χ2n) is 17.9. The van der Waals surface area contributed by atoms with Crippen LogP contribution < -0.4 is 25.6 Å². The fourth-order valence-corrected chi connectivity index (χ4v) is 10.1. The summed E-state index contributed by atoms with van der Waals surface area (Å²) in [4.78, 5) is 58.2. The van der Waals surface area contributed by atoms with E-state index in [1.165, 1.54) is 5.56 Å². The van der Waals surface area contributed by atoms with Crippen LogP contribution in [0.5, 0.6) is 5.75 Å². The zero-order valence-electron chi connectivity index (χ0n) is 35.8. The van der Waals surface area contributed by atoms with Gasteiger partial charge in [0.25, 0.3) is 11.8 Å². The summed E-state index contributed by atoms with van der Waals surface area (Å²) in [5.74, 6) is 0.479. The Hall–Kier alpha value is -5.07. The van der Waals surface area contributed by atoms with E-state index >= 15 is 0 Å². The Balaban J connectivity index is 0.763. The average molecular weight is 851 g/mol. The number of carbonyl (C=O) groups is 4. The van der Waals surface area contributed by atoms with Gasteiger partial charge in [0, 0.05) is 74.0 Å². The van der Waals surface area contributed by atoms with Crippen LogP contribution in [0.3, 0.4) is 0 Å². The van der Waals surface area contributed by atoms with Crippen LogP contribution in [0, 0.1) is 5.41 Å². The molecule has 0 radical (unpaired) electrons. The molecule has 3 aromatic carbocycles. The number of benzene rings is 3. The molecule has 1 saturated carbocycles. The number of imide groups is 1. The lowest BCUT2D eigenvalue weighted by Crippen LogP contribution is -2.50. The Labute approximate surface area is 364 Å². The molecule has 13 heteroatoms. The van der Waals surface area contributed by atoms with Gasteiger partial charge in [-0.2, -0.15) is 0 Å². The van der Waals surface area contributed by atoms with Crippen LogP contribution in [0.15, 0.2) is 66.9 Å². The molecule has 0 atom stereocenters. The monoisotopic (exact) mass is 849 g/mol. The number of nitrogens with one attached hydrogen (secondary N) is 3. The molecule has 12 nitrogen and oxygen atoms in total. The quantitative estimate of drug-likeness (QED) is 0.131. The molecule has 3 aliphatic heterocycles. The van der Waals surface area contributed by atoms with Crippen molar-refractivity contribution in [3.8, 4) is 5.75 Å². The van der Waals surface area contributed by atoms with Crippen molar-refractivity contribution < 1.29 is 23.9 Å². The van der Waals surface area contributed by atoms with Gasteiger partial charge in [-0.25, -0.2) is 4.79 Å². The van der Waals surface area contributed by atoms with Gasteiger partial charge in [0.2, 0.25) is 5.91 Å². The molecule has 3 N–H and O–H groups in total. The van der Waals surface area contributed by atoms with Gasteiger partial charge in [-0.1, -0.05) is 23.7 Å². The normalized spacial score (nSPS) is 20.9. The summed E-state index contributed by atoms with van der Waals surface area (Å²) < 4.78 is 8.32. The third-order valence-corrected chi connectivity index (χ3v) is 14.0. The SMILES string of the molecule is CNc1ccc(OC2CCC(NC(=O)c3ccc(CCCN4CCC5(CC4)CCN(C(=O)c4cc(N6CCC(=O)NC6=O)c6ccn(C(C)C)c6c4)CC5)cc3)CC2)cc1Cl. The molecule has 0 unspecified atom stereocenters. The highest BCUT2D eigenvalue weighted by atomic mass is 35.5. The van der Waals surface area contributed by atoms with E-state index in [0.29, 0.717) is 21.8 Å². The molecule has 4 aromatic rings. The van der Waals surface area contributed by atoms with E-state index in [4.69, 9.17) is 16.3 Å². The number of fused-ring (bicyclic) bond motifs is 1. The molecule has 4 heterocycles. The van der Waals surface area contributed by atoms with Crippen molar-refractivity contribution in [3.05, 3.63) is 88.6 Å². The van der Waals surface area contributed by atoms with Crippen LogP contribution in [0.1, 0.15) is 110 Å². The minimum atomic E-state index is -0.447. The molecule has 61 heavy (non-hydrogen) atoms. The lowest BCUT2D eigenvalue weighted by atomic mass is 9.71. The molecule has 1 aliphatic carbocycles. The van der Waals surface area contributed by atoms with E-state index in [1.807, 2.05) is 66.7 Å². The highest BCUT2D eigenvalue weighted by Gasteiger charge is 2.39. The summed E-state index contributed by atoms with van der Waals surface area (Å²) in [6.45, 7) is 9.14. The number of hydrogen-bond acceptors (Lipinski definition) is 7. The molecule has 8 rings (SSSR count). The predicted octanol–water partition coefficient (Wildman–Crippen LogP) is 8.43. The van der Waals surface area contributed by atoms with Crippen LogP contribution in [0.25, 0.3) is 10.9 Å². The van der Waals surface area contributed by atoms with Crippen molar-refractivity contribution in [3.63, 3.8) is 0 Å². The van der Waals surface area contributed by atoms with Crippen LogP contribution >= 0.6 is 11.6 Å². The molecule has 5 amide bonds. The lowest BCUT2D eigenvalue weighted by Gasteiger charge is -2.47. The van der Waals surface area contributed by atoms with Crippen molar-refractivity contribution in [2.45, 2.75) is 103 Å². The number of halogens is 1. The molecular formula is C48H60ClN7O5. The maximum atomic E-state index is 14.1. The zero-order chi connectivity index (χ0) is 42.7. The number of nitrogens with zero attached hydrogens (tertiary/aromatic N) is 4. The van der Waals surface area contributed by atoms with Crippen molar-refractivity contribution in [2.75, 3.05) is 56.5 Å². The second-order valence-corrected chi connectivity index (χ2v) is 18.3. The first-order valence-corrected chi connectivity index (χ1v) is 22.7. The molecule has 1 spiro atoms. The van der Waals surface area contributed by atoms with E-state index in [0.717, 1.165) is 119 Å². The number of aryl methyl sites for hydroxylation is 1. The topological polar surface area (TPSA) is 128 Å². The van der Waals surface area contributed by atoms with Crippen LogP contribution in [0.2, 0.25) is 5.02 Å². The number of carbonyl (C=O) groups excluding carboxylic acids is 4. The summed E-state index contributed by atoms with van der Waals surface area (Å²) in [6.07, 6.45) is 12.2. The minimum Gasteiger partial charge on any atom is -0.490 e. The highest BCUT2D eigenvalue weighted by Crippen LogP contribution is 2.42. The number of hydrogen-bond donors (Lipinski definition) is 3. The Morgan fingerprint density at radius 3 is 2.28 bits per heavy atom. The first kappa shape index (κ1) is 42.6. The zero-order valence-corrected chi connectivity index (χ0v) is 36.6. The predicted molar refractivity (Wildman–Crippen MR) is 241 cm³/mol. The number of ether oxygens (including phenoxy) is 1. The second kappa shape index (κ2) is 18.5. The average Bonchev–Trinajstić information content (AvgIpc) is 3.70. The van der Waals surface area contributed by atoms with Gasteiger partial charge in [0.15, 0.2) is 0 Å².